The van der Waals surface area contributed by atoms with Crippen LogP contribution in [0, 0.1) is 0 Å². The van der Waals surface area contributed by atoms with Gasteiger partial charge < -0.3 is 4.57 Å². The first-order valence-electron chi connectivity index (χ1n) is 5.29. The Labute approximate surface area is 104 Å². The molecular formula is C12H14BrN3. The zero-order chi connectivity index (χ0) is 11.5. The van der Waals surface area contributed by atoms with Gasteiger partial charge in [-0.3, -0.25) is 0 Å². The van der Waals surface area contributed by atoms with Crippen LogP contribution >= 0.6 is 15.9 Å². The summed E-state index contributed by atoms with van der Waals surface area (Å²) in [5, 5.41) is 8.12. The van der Waals surface area contributed by atoms with Gasteiger partial charge in [-0.15, -0.1) is 10.2 Å². The Kier molecular flexibility index (Phi) is 3.39. The van der Waals surface area contributed by atoms with Crippen LogP contribution in [0.15, 0.2) is 35.1 Å². The van der Waals surface area contributed by atoms with Gasteiger partial charge in [0.2, 0.25) is 0 Å². The number of nitrogens with zero attached hydrogens (tertiary/aromatic N) is 3. The normalized spacial score (nSPS) is 11.0. The average Bonchev–Trinajstić information content (AvgIpc) is 2.69. The number of hydrogen-bond donors (Lipinski definition) is 0. The van der Waals surface area contributed by atoms with Crippen molar-refractivity contribution in [2.75, 3.05) is 0 Å². The highest BCUT2D eigenvalue weighted by Crippen LogP contribution is 2.14. The van der Waals surface area contributed by atoms with Crippen LogP contribution in [0.1, 0.15) is 31.3 Å². The van der Waals surface area contributed by atoms with Gasteiger partial charge in [-0.25, -0.2) is 0 Å². The molecule has 1 aromatic heterocycles. The van der Waals surface area contributed by atoms with E-state index < -0.39 is 0 Å². The van der Waals surface area contributed by atoms with E-state index in [2.05, 4.69) is 56.7 Å². The number of rotatable bonds is 3. The fourth-order valence-corrected chi connectivity index (χ4v) is 1.87. The van der Waals surface area contributed by atoms with Gasteiger partial charge in [-0.1, -0.05) is 28.1 Å². The maximum Gasteiger partial charge on any atom is 0.137 e. The molecule has 0 N–H and O–H groups in total. The van der Waals surface area contributed by atoms with Crippen LogP contribution in [0.2, 0.25) is 0 Å². The fourth-order valence-electron chi connectivity index (χ4n) is 1.61. The van der Waals surface area contributed by atoms with Crippen molar-refractivity contribution in [3.05, 3.63) is 46.5 Å². The van der Waals surface area contributed by atoms with Crippen LogP contribution in [-0.4, -0.2) is 14.8 Å². The first-order valence-corrected chi connectivity index (χ1v) is 6.09. The molecule has 1 heterocycles. The first kappa shape index (κ1) is 11.3. The molecule has 0 unspecified atom stereocenters. The lowest BCUT2D eigenvalue weighted by atomic mass is 10.1. The van der Waals surface area contributed by atoms with E-state index >= 15 is 0 Å². The van der Waals surface area contributed by atoms with Gasteiger partial charge in [-0.05, 0) is 31.5 Å². The third-order valence-corrected chi connectivity index (χ3v) is 3.01. The predicted molar refractivity (Wildman–Crippen MR) is 67.4 cm³/mol. The van der Waals surface area contributed by atoms with Crippen molar-refractivity contribution in [2.24, 2.45) is 0 Å². The van der Waals surface area contributed by atoms with Crippen molar-refractivity contribution in [2.45, 2.75) is 26.3 Å². The minimum atomic E-state index is 0.403. The largest absolute Gasteiger partial charge is 0.315 e. The summed E-state index contributed by atoms with van der Waals surface area (Å²) < 4.78 is 3.20. The lowest BCUT2D eigenvalue weighted by molar-refractivity contribution is 0.574. The molecule has 3 nitrogen and oxygen atoms in total. The topological polar surface area (TPSA) is 30.7 Å². The molecule has 0 bridgehead atoms. The highest BCUT2D eigenvalue weighted by molar-refractivity contribution is 9.10. The molecule has 4 heteroatoms. The molecule has 0 atom stereocenters. The predicted octanol–water partition coefficient (Wildman–Crippen LogP) is 3.21. The minimum Gasteiger partial charge on any atom is -0.315 e. The molecule has 0 aliphatic heterocycles. The minimum absolute atomic E-state index is 0.403. The van der Waals surface area contributed by atoms with Crippen molar-refractivity contribution in [1.82, 2.24) is 14.8 Å². The molecule has 0 amide bonds. The maximum atomic E-state index is 4.16. The average molecular weight is 280 g/mol. The summed E-state index contributed by atoms with van der Waals surface area (Å²) in [6.45, 7) is 4.27. The molecule has 1 aromatic carbocycles. The van der Waals surface area contributed by atoms with Gasteiger partial charge >= 0.3 is 0 Å². The second-order valence-electron chi connectivity index (χ2n) is 4.05. The van der Waals surface area contributed by atoms with Gasteiger partial charge in [0, 0.05) is 16.9 Å². The zero-order valence-corrected chi connectivity index (χ0v) is 11.0. The Morgan fingerprint density at radius 2 is 1.94 bits per heavy atom. The molecule has 16 heavy (non-hydrogen) atoms. The van der Waals surface area contributed by atoms with Crippen LogP contribution in [0.5, 0.6) is 0 Å². The van der Waals surface area contributed by atoms with E-state index in [1.165, 1.54) is 5.56 Å². The summed E-state index contributed by atoms with van der Waals surface area (Å²) in [6.07, 6.45) is 2.62. The maximum absolute atomic E-state index is 4.16. The molecule has 84 valence electrons. The van der Waals surface area contributed by atoms with Crippen molar-refractivity contribution in [1.29, 1.82) is 0 Å². The van der Waals surface area contributed by atoms with E-state index in [1.807, 2.05) is 12.1 Å². The van der Waals surface area contributed by atoms with Gasteiger partial charge in [0.15, 0.2) is 0 Å². The molecular weight excluding hydrogens is 266 g/mol. The van der Waals surface area contributed by atoms with E-state index in [9.17, 15) is 0 Å². The van der Waals surface area contributed by atoms with Crippen LogP contribution in [-0.2, 0) is 6.42 Å². The number of hydrogen-bond acceptors (Lipinski definition) is 2. The van der Waals surface area contributed by atoms with Crippen LogP contribution in [0.3, 0.4) is 0 Å². The van der Waals surface area contributed by atoms with Crippen molar-refractivity contribution >= 4 is 15.9 Å². The van der Waals surface area contributed by atoms with E-state index in [4.69, 9.17) is 0 Å². The van der Waals surface area contributed by atoms with Crippen molar-refractivity contribution in [3.63, 3.8) is 0 Å². The first-order chi connectivity index (χ1) is 7.66. The molecule has 0 aliphatic rings. The van der Waals surface area contributed by atoms with Gasteiger partial charge in [0.1, 0.15) is 12.2 Å². The van der Waals surface area contributed by atoms with Gasteiger partial charge in [-0.2, -0.15) is 0 Å². The van der Waals surface area contributed by atoms with Crippen LogP contribution in [0.4, 0.5) is 0 Å². The quantitative estimate of drug-likeness (QED) is 0.864. The summed E-state index contributed by atoms with van der Waals surface area (Å²) in [5.41, 5.74) is 1.25. The Balaban J connectivity index is 2.20. The summed E-state index contributed by atoms with van der Waals surface area (Å²) >= 11 is 3.43. The van der Waals surface area contributed by atoms with Crippen molar-refractivity contribution < 1.29 is 0 Å². The van der Waals surface area contributed by atoms with Crippen LogP contribution < -0.4 is 0 Å². The number of halogens is 1. The zero-order valence-electron chi connectivity index (χ0n) is 9.39. The van der Waals surface area contributed by atoms with Crippen LogP contribution in [0.25, 0.3) is 0 Å². The summed E-state index contributed by atoms with van der Waals surface area (Å²) in [6, 6.07) is 8.70. The standard InChI is InChI=1S/C12H14BrN3/c1-9(2)16-8-14-15-12(16)7-10-3-5-11(13)6-4-10/h3-6,8-9H,7H2,1-2H3. The molecule has 0 saturated carbocycles. The molecule has 0 radical (unpaired) electrons. The third kappa shape index (κ3) is 2.50. The molecule has 0 aliphatic carbocycles. The summed E-state index contributed by atoms with van der Waals surface area (Å²) in [5.74, 6) is 1.01. The Morgan fingerprint density at radius 1 is 1.25 bits per heavy atom. The second-order valence-corrected chi connectivity index (χ2v) is 4.97. The smallest absolute Gasteiger partial charge is 0.137 e. The summed E-state index contributed by atoms with van der Waals surface area (Å²) in [4.78, 5) is 0. The second kappa shape index (κ2) is 4.78. The molecule has 0 saturated heterocycles. The lowest BCUT2D eigenvalue weighted by Crippen LogP contribution is -2.05. The van der Waals surface area contributed by atoms with E-state index in [0.717, 1.165) is 16.7 Å². The Bertz CT molecular complexity index is 459. The van der Waals surface area contributed by atoms with E-state index in [-0.39, 0.29) is 0 Å². The van der Waals surface area contributed by atoms with E-state index in [0.29, 0.717) is 6.04 Å². The molecule has 0 fully saturated rings. The number of benzene rings is 1. The molecule has 2 aromatic rings. The highest BCUT2D eigenvalue weighted by atomic mass is 79.9. The third-order valence-electron chi connectivity index (χ3n) is 2.48. The molecule has 0 spiro atoms. The molecule has 2 rings (SSSR count). The lowest BCUT2D eigenvalue weighted by Gasteiger charge is -2.09. The summed E-state index contributed by atoms with van der Waals surface area (Å²) in [7, 11) is 0. The van der Waals surface area contributed by atoms with Gasteiger partial charge in [0.05, 0.1) is 0 Å². The monoisotopic (exact) mass is 279 g/mol. The van der Waals surface area contributed by atoms with Crippen molar-refractivity contribution in [3.8, 4) is 0 Å². The fraction of sp³-hybridized carbons (Fsp3) is 0.333. The number of aromatic nitrogens is 3. The Hall–Kier alpha value is -1.16. The Morgan fingerprint density at radius 3 is 2.56 bits per heavy atom. The SMILES string of the molecule is CC(C)n1cnnc1Cc1ccc(Br)cc1. The van der Waals surface area contributed by atoms with E-state index in [1.54, 1.807) is 6.33 Å². The van der Waals surface area contributed by atoms with Gasteiger partial charge in [0.25, 0.3) is 0 Å². The highest BCUT2D eigenvalue weighted by Gasteiger charge is 2.07.